The zero-order valence-corrected chi connectivity index (χ0v) is 8.78. The van der Waals surface area contributed by atoms with Gasteiger partial charge in [0.1, 0.15) is 5.54 Å². The van der Waals surface area contributed by atoms with Crippen LogP contribution in [0.25, 0.3) is 0 Å². The molecule has 0 aromatic carbocycles. The van der Waals surface area contributed by atoms with Crippen molar-refractivity contribution in [2.45, 2.75) is 12.5 Å². The first-order chi connectivity index (χ1) is 6.47. The first-order valence-corrected chi connectivity index (χ1v) is 4.75. The Morgan fingerprint density at radius 2 is 1.86 bits per heavy atom. The Balaban J connectivity index is 2.36. The van der Waals surface area contributed by atoms with E-state index in [0.29, 0.717) is 13.1 Å². The molecule has 2 aliphatic rings. The van der Waals surface area contributed by atoms with Crippen molar-refractivity contribution in [1.29, 1.82) is 0 Å². The molecular formula is C9H15N3O2. The normalized spacial score (nSPS) is 33.9. The molecule has 1 unspecified atom stereocenters. The second kappa shape index (κ2) is 2.70. The lowest BCUT2D eigenvalue weighted by Gasteiger charge is -2.40. The molecule has 2 heterocycles. The number of rotatable bonds is 0. The second-order valence-electron chi connectivity index (χ2n) is 4.31. The van der Waals surface area contributed by atoms with Crippen LogP contribution in [0, 0.1) is 0 Å². The average molecular weight is 197 g/mol. The number of hydrogen-bond acceptors (Lipinski definition) is 3. The fourth-order valence-corrected chi connectivity index (χ4v) is 2.33. The summed E-state index contributed by atoms with van der Waals surface area (Å²) in [7, 11) is 3.52. The van der Waals surface area contributed by atoms with Crippen LogP contribution in [-0.2, 0) is 4.79 Å². The highest BCUT2D eigenvalue weighted by atomic mass is 16.2. The molecule has 2 aliphatic heterocycles. The molecule has 0 aromatic rings. The lowest BCUT2D eigenvalue weighted by molar-refractivity contribution is -0.133. The van der Waals surface area contributed by atoms with Crippen molar-refractivity contribution in [3.8, 4) is 0 Å². The number of imide groups is 1. The lowest BCUT2D eigenvalue weighted by atomic mass is 9.98. The first-order valence-electron chi connectivity index (χ1n) is 4.75. The molecule has 0 N–H and O–H groups in total. The van der Waals surface area contributed by atoms with E-state index < -0.39 is 5.54 Å². The van der Waals surface area contributed by atoms with Crippen LogP contribution in [0.3, 0.4) is 0 Å². The fraction of sp³-hybridized carbons (Fsp3) is 0.778. The summed E-state index contributed by atoms with van der Waals surface area (Å²) in [5.74, 6) is -0.0888. The van der Waals surface area contributed by atoms with Gasteiger partial charge in [-0.15, -0.1) is 0 Å². The number of piperazine rings is 1. The largest absolute Gasteiger partial charge is 0.327 e. The van der Waals surface area contributed by atoms with E-state index in [1.54, 1.807) is 11.9 Å². The van der Waals surface area contributed by atoms with Gasteiger partial charge in [-0.1, -0.05) is 0 Å². The number of amides is 3. The molecule has 5 heteroatoms. The number of urea groups is 1. The van der Waals surface area contributed by atoms with Gasteiger partial charge < -0.3 is 9.80 Å². The predicted molar refractivity (Wildman–Crippen MR) is 50.8 cm³/mol. The Hall–Kier alpha value is -1.10. The molecule has 0 aromatic heterocycles. The van der Waals surface area contributed by atoms with Crippen LogP contribution in [0.5, 0.6) is 0 Å². The molecule has 0 bridgehead atoms. The highest BCUT2D eigenvalue weighted by molar-refractivity contribution is 6.06. The third-order valence-electron chi connectivity index (χ3n) is 3.16. The van der Waals surface area contributed by atoms with Gasteiger partial charge in [0.25, 0.3) is 5.91 Å². The summed E-state index contributed by atoms with van der Waals surface area (Å²) in [4.78, 5) is 28.5. The molecule has 5 nitrogen and oxygen atoms in total. The number of likely N-dealkylation sites (N-methyl/N-ethyl adjacent to an activating group) is 2. The monoisotopic (exact) mass is 197 g/mol. The zero-order chi connectivity index (χ0) is 10.5. The summed E-state index contributed by atoms with van der Waals surface area (Å²) in [5, 5.41) is 0. The summed E-state index contributed by atoms with van der Waals surface area (Å²) in [5.41, 5.74) is -0.640. The lowest BCUT2D eigenvalue weighted by Crippen LogP contribution is -2.60. The molecule has 2 fully saturated rings. The minimum Gasteiger partial charge on any atom is -0.307 e. The van der Waals surface area contributed by atoms with Crippen molar-refractivity contribution in [2.75, 3.05) is 33.7 Å². The quantitative estimate of drug-likeness (QED) is 0.496. The average Bonchev–Trinajstić information content (AvgIpc) is 2.28. The van der Waals surface area contributed by atoms with E-state index >= 15 is 0 Å². The van der Waals surface area contributed by atoms with Gasteiger partial charge in [0.05, 0.1) is 0 Å². The number of fused-ring (bicyclic) bond motifs is 1. The Labute approximate surface area is 83.2 Å². The third kappa shape index (κ3) is 0.987. The van der Waals surface area contributed by atoms with Gasteiger partial charge in [-0.05, 0) is 14.0 Å². The SMILES string of the molecule is CN1CCN2C(=O)N(C)C(=O)C2(C)C1. The Kier molecular flexibility index (Phi) is 1.82. The number of nitrogens with zero attached hydrogens (tertiary/aromatic N) is 3. The van der Waals surface area contributed by atoms with Gasteiger partial charge in [-0.3, -0.25) is 9.69 Å². The van der Waals surface area contributed by atoms with Gasteiger partial charge in [0.2, 0.25) is 0 Å². The van der Waals surface area contributed by atoms with Crippen LogP contribution in [0.1, 0.15) is 6.92 Å². The molecule has 1 atom stereocenters. The van der Waals surface area contributed by atoms with Gasteiger partial charge >= 0.3 is 6.03 Å². The van der Waals surface area contributed by atoms with Gasteiger partial charge in [0.15, 0.2) is 0 Å². The summed E-state index contributed by atoms with van der Waals surface area (Å²) >= 11 is 0. The first kappa shape index (κ1) is 9.45. The Morgan fingerprint density at radius 3 is 2.50 bits per heavy atom. The predicted octanol–water partition coefficient (Wildman–Crippen LogP) is -0.415. The maximum Gasteiger partial charge on any atom is 0.327 e. The van der Waals surface area contributed by atoms with Crippen molar-refractivity contribution in [2.24, 2.45) is 0 Å². The third-order valence-corrected chi connectivity index (χ3v) is 3.16. The fourth-order valence-electron chi connectivity index (χ4n) is 2.33. The van der Waals surface area contributed by atoms with Crippen LogP contribution < -0.4 is 0 Å². The highest BCUT2D eigenvalue weighted by Crippen LogP contribution is 2.29. The van der Waals surface area contributed by atoms with E-state index in [1.165, 1.54) is 4.90 Å². The minimum atomic E-state index is -0.640. The summed E-state index contributed by atoms with van der Waals surface area (Å²) < 4.78 is 0. The number of hydrogen-bond donors (Lipinski definition) is 0. The van der Waals surface area contributed by atoms with Crippen molar-refractivity contribution in [3.05, 3.63) is 0 Å². The van der Waals surface area contributed by atoms with Crippen molar-refractivity contribution in [1.82, 2.24) is 14.7 Å². The second-order valence-corrected chi connectivity index (χ2v) is 4.31. The van der Waals surface area contributed by atoms with E-state index in [2.05, 4.69) is 4.90 Å². The van der Waals surface area contributed by atoms with Crippen LogP contribution in [-0.4, -0.2) is 65.9 Å². The van der Waals surface area contributed by atoms with Gasteiger partial charge in [-0.25, -0.2) is 4.79 Å². The summed E-state index contributed by atoms with van der Waals surface area (Å²) in [6, 6.07) is -0.161. The van der Waals surface area contributed by atoms with Crippen LogP contribution in [0.2, 0.25) is 0 Å². The molecule has 78 valence electrons. The standard InChI is InChI=1S/C9H15N3O2/c1-9-6-10(2)4-5-12(9)8(14)11(3)7(9)13/h4-6H2,1-3H3. The molecule has 2 rings (SSSR count). The van der Waals surface area contributed by atoms with Gasteiger partial charge in [0, 0.05) is 26.7 Å². The van der Waals surface area contributed by atoms with Crippen LogP contribution >= 0.6 is 0 Å². The Bertz CT molecular complexity index is 304. The number of carbonyl (C=O) groups is 2. The number of carbonyl (C=O) groups excluding carboxylic acids is 2. The topological polar surface area (TPSA) is 43.9 Å². The van der Waals surface area contributed by atoms with Crippen LogP contribution in [0.15, 0.2) is 0 Å². The van der Waals surface area contributed by atoms with E-state index in [4.69, 9.17) is 0 Å². The van der Waals surface area contributed by atoms with Gasteiger partial charge in [-0.2, -0.15) is 0 Å². The summed E-state index contributed by atoms with van der Waals surface area (Å²) in [6.07, 6.45) is 0. The van der Waals surface area contributed by atoms with Crippen LogP contribution in [0.4, 0.5) is 4.79 Å². The smallest absolute Gasteiger partial charge is 0.307 e. The molecule has 3 amide bonds. The van der Waals surface area contributed by atoms with E-state index in [9.17, 15) is 9.59 Å². The minimum absolute atomic E-state index is 0.0888. The summed E-state index contributed by atoms with van der Waals surface area (Å²) in [6.45, 7) is 3.94. The van der Waals surface area contributed by atoms with E-state index in [0.717, 1.165) is 6.54 Å². The molecular weight excluding hydrogens is 182 g/mol. The van der Waals surface area contributed by atoms with Crippen molar-refractivity contribution in [3.63, 3.8) is 0 Å². The van der Waals surface area contributed by atoms with Crippen molar-refractivity contribution >= 4 is 11.9 Å². The van der Waals surface area contributed by atoms with E-state index in [1.807, 2.05) is 14.0 Å². The highest BCUT2D eigenvalue weighted by Gasteiger charge is 2.54. The maximum absolute atomic E-state index is 11.9. The molecule has 2 saturated heterocycles. The van der Waals surface area contributed by atoms with Crippen molar-refractivity contribution < 1.29 is 9.59 Å². The molecule has 0 radical (unpaired) electrons. The van der Waals surface area contributed by atoms with E-state index in [-0.39, 0.29) is 11.9 Å². The molecule has 0 spiro atoms. The Morgan fingerprint density at radius 1 is 1.21 bits per heavy atom. The maximum atomic E-state index is 11.9. The zero-order valence-electron chi connectivity index (χ0n) is 8.78. The molecule has 0 aliphatic carbocycles. The molecule has 0 saturated carbocycles. The molecule has 14 heavy (non-hydrogen) atoms.